The molecule has 2 aromatic rings. The first kappa shape index (κ1) is 21.4. The van der Waals surface area contributed by atoms with Crippen LogP contribution in [0.4, 0.5) is 11.4 Å². The van der Waals surface area contributed by atoms with Crippen molar-refractivity contribution in [3.05, 3.63) is 60.7 Å². The first-order chi connectivity index (χ1) is 13.6. The van der Waals surface area contributed by atoms with Gasteiger partial charge in [-0.1, -0.05) is 19.9 Å². The summed E-state index contributed by atoms with van der Waals surface area (Å²) in [5.74, 6) is -0.331. The van der Waals surface area contributed by atoms with Crippen LogP contribution in [0.1, 0.15) is 56.1 Å². The van der Waals surface area contributed by atoms with Gasteiger partial charge in [-0.15, -0.1) is 6.58 Å². The van der Waals surface area contributed by atoms with Crippen LogP contribution in [-0.4, -0.2) is 28.1 Å². The molecule has 0 spiro atoms. The Morgan fingerprint density at radius 2 is 2.00 bits per heavy atom. The molecule has 0 saturated heterocycles. The molecule has 0 aliphatic heterocycles. The molecule has 150 valence electrons. The van der Waals surface area contributed by atoms with E-state index >= 15 is 0 Å². The van der Waals surface area contributed by atoms with Crippen molar-refractivity contribution in [1.29, 1.82) is 0 Å². The standard InChI is InChI=1S/C22H30N4O2/c1-5-12-22(6-2,7-3)26-19-10-9-17(21(27)28-8-4)14-20(19)24-15-18-11-13-23-16-25-18/h5,9-11,13-14,16,24,26H,1,6-8,12,15H2,2-4H3. The minimum atomic E-state index is -0.331. The van der Waals surface area contributed by atoms with Gasteiger partial charge in [0.05, 0.1) is 35.8 Å². The van der Waals surface area contributed by atoms with Crippen LogP contribution >= 0.6 is 0 Å². The Kier molecular flexibility index (Phi) is 7.99. The van der Waals surface area contributed by atoms with Crippen LogP contribution in [-0.2, 0) is 11.3 Å². The van der Waals surface area contributed by atoms with E-state index in [-0.39, 0.29) is 11.5 Å². The molecule has 0 saturated carbocycles. The fourth-order valence-corrected chi connectivity index (χ4v) is 3.08. The van der Waals surface area contributed by atoms with Gasteiger partial charge >= 0.3 is 5.97 Å². The first-order valence-electron chi connectivity index (χ1n) is 9.76. The molecule has 1 aromatic heterocycles. The molecular weight excluding hydrogens is 352 g/mol. The summed E-state index contributed by atoms with van der Waals surface area (Å²) in [6.07, 6.45) is 7.95. The summed E-state index contributed by atoms with van der Waals surface area (Å²) >= 11 is 0. The van der Waals surface area contributed by atoms with E-state index in [0.717, 1.165) is 36.3 Å². The van der Waals surface area contributed by atoms with Gasteiger partial charge in [-0.05, 0) is 50.5 Å². The second-order valence-electron chi connectivity index (χ2n) is 6.64. The van der Waals surface area contributed by atoms with Gasteiger partial charge in [0.15, 0.2) is 0 Å². The maximum absolute atomic E-state index is 12.2. The number of carbonyl (C=O) groups is 1. The van der Waals surface area contributed by atoms with Crippen molar-refractivity contribution in [2.45, 2.75) is 52.1 Å². The molecule has 0 aliphatic carbocycles. The molecule has 6 heteroatoms. The van der Waals surface area contributed by atoms with Gasteiger partial charge in [0.25, 0.3) is 0 Å². The van der Waals surface area contributed by atoms with Crippen molar-refractivity contribution in [2.75, 3.05) is 17.2 Å². The summed E-state index contributed by atoms with van der Waals surface area (Å²) in [5.41, 5.74) is 3.07. The topological polar surface area (TPSA) is 76.1 Å². The Balaban J connectivity index is 2.33. The predicted molar refractivity (Wildman–Crippen MR) is 114 cm³/mol. The molecule has 1 aromatic carbocycles. The lowest BCUT2D eigenvalue weighted by atomic mass is 9.88. The lowest BCUT2D eigenvalue weighted by Crippen LogP contribution is -2.36. The van der Waals surface area contributed by atoms with E-state index in [1.807, 2.05) is 24.3 Å². The van der Waals surface area contributed by atoms with Gasteiger partial charge in [0, 0.05) is 11.7 Å². The zero-order chi connectivity index (χ0) is 20.4. The van der Waals surface area contributed by atoms with E-state index in [9.17, 15) is 4.79 Å². The first-order valence-corrected chi connectivity index (χ1v) is 9.76. The zero-order valence-electron chi connectivity index (χ0n) is 17.0. The number of nitrogens with zero attached hydrogens (tertiary/aromatic N) is 2. The van der Waals surface area contributed by atoms with Gasteiger partial charge in [0.1, 0.15) is 6.33 Å². The van der Waals surface area contributed by atoms with Gasteiger partial charge < -0.3 is 15.4 Å². The highest BCUT2D eigenvalue weighted by molar-refractivity contribution is 5.92. The number of hydrogen-bond donors (Lipinski definition) is 2. The summed E-state index contributed by atoms with van der Waals surface area (Å²) in [4.78, 5) is 20.4. The molecule has 0 atom stereocenters. The molecule has 0 fully saturated rings. The molecular formula is C22H30N4O2. The minimum absolute atomic E-state index is 0.0848. The fourth-order valence-electron chi connectivity index (χ4n) is 3.08. The van der Waals surface area contributed by atoms with Gasteiger partial charge in [-0.2, -0.15) is 0 Å². The second-order valence-corrected chi connectivity index (χ2v) is 6.64. The van der Waals surface area contributed by atoms with E-state index in [4.69, 9.17) is 4.74 Å². The lowest BCUT2D eigenvalue weighted by Gasteiger charge is -2.34. The number of carbonyl (C=O) groups excluding carboxylic acids is 1. The number of esters is 1. The lowest BCUT2D eigenvalue weighted by molar-refractivity contribution is 0.0526. The molecule has 0 bridgehead atoms. The average Bonchev–Trinajstić information content (AvgIpc) is 2.73. The molecule has 6 nitrogen and oxygen atoms in total. The zero-order valence-corrected chi connectivity index (χ0v) is 17.0. The van der Waals surface area contributed by atoms with Crippen LogP contribution in [0.25, 0.3) is 0 Å². The molecule has 0 aliphatic rings. The Morgan fingerprint density at radius 1 is 1.21 bits per heavy atom. The predicted octanol–water partition coefficient (Wildman–Crippen LogP) is 4.81. The van der Waals surface area contributed by atoms with Crippen LogP contribution < -0.4 is 10.6 Å². The van der Waals surface area contributed by atoms with Gasteiger partial charge in [0.2, 0.25) is 0 Å². The quantitative estimate of drug-likeness (QED) is 0.429. The highest BCUT2D eigenvalue weighted by Crippen LogP contribution is 2.32. The molecule has 1 heterocycles. The smallest absolute Gasteiger partial charge is 0.338 e. The van der Waals surface area contributed by atoms with Crippen molar-refractivity contribution >= 4 is 17.3 Å². The molecule has 0 unspecified atom stereocenters. The van der Waals surface area contributed by atoms with Crippen LogP contribution in [0.5, 0.6) is 0 Å². The molecule has 2 N–H and O–H groups in total. The van der Waals surface area contributed by atoms with E-state index < -0.39 is 0 Å². The Bertz CT molecular complexity index is 773. The van der Waals surface area contributed by atoms with Crippen molar-refractivity contribution in [2.24, 2.45) is 0 Å². The summed E-state index contributed by atoms with van der Waals surface area (Å²) in [6, 6.07) is 7.40. The third-order valence-electron chi connectivity index (χ3n) is 4.92. The summed E-state index contributed by atoms with van der Waals surface area (Å²) in [5, 5.41) is 7.07. The third kappa shape index (κ3) is 5.55. The normalized spacial score (nSPS) is 11.0. The summed E-state index contributed by atoms with van der Waals surface area (Å²) in [6.45, 7) is 10.9. The molecule has 0 amide bonds. The van der Waals surface area contributed by atoms with Crippen molar-refractivity contribution in [1.82, 2.24) is 9.97 Å². The van der Waals surface area contributed by atoms with E-state index in [1.165, 1.54) is 6.33 Å². The van der Waals surface area contributed by atoms with Crippen LogP contribution in [0.2, 0.25) is 0 Å². The highest BCUT2D eigenvalue weighted by Gasteiger charge is 2.25. The maximum Gasteiger partial charge on any atom is 0.338 e. The molecule has 2 rings (SSSR count). The Morgan fingerprint density at radius 3 is 2.61 bits per heavy atom. The number of rotatable bonds is 11. The second kappa shape index (κ2) is 10.4. The number of benzene rings is 1. The maximum atomic E-state index is 12.2. The summed E-state index contributed by atoms with van der Waals surface area (Å²) < 4.78 is 5.15. The van der Waals surface area contributed by atoms with Crippen LogP contribution in [0.15, 0.2) is 49.4 Å². The van der Waals surface area contributed by atoms with Gasteiger partial charge in [-0.3, -0.25) is 0 Å². The average molecular weight is 383 g/mol. The number of anilines is 2. The van der Waals surface area contributed by atoms with Crippen molar-refractivity contribution in [3.63, 3.8) is 0 Å². The Labute approximate surface area is 167 Å². The highest BCUT2D eigenvalue weighted by atomic mass is 16.5. The fraction of sp³-hybridized carbons (Fsp3) is 0.409. The van der Waals surface area contributed by atoms with Crippen molar-refractivity contribution in [3.8, 4) is 0 Å². The number of ether oxygens (including phenoxy) is 1. The number of hydrogen-bond acceptors (Lipinski definition) is 6. The Hall–Kier alpha value is -2.89. The number of aromatic nitrogens is 2. The third-order valence-corrected chi connectivity index (χ3v) is 4.92. The number of nitrogens with one attached hydrogen (secondary N) is 2. The largest absolute Gasteiger partial charge is 0.462 e. The SMILES string of the molecule is C=CCC(CC)(CC)Nc1ccc(C(=O)OCC)cc1NCc1ccncn1. The monoisotopic (exact) mass is 382 g/mol. The van der Waals surface area contributed by atoms with E-state index in [2.05, 4.69) is 41.0 Å². The van der Waals surface area contributed by atoms with E-state index in [0.29, 0.717) is 18.7 Å². The molecule has 28 heavy (non-hydrogen) atoms. The van der Waals surface area contributed by atoms with Crippen molar-refractivity contribution < 1.29 is 9.53 Å². The van der Waals surface area contributed by atoms with Crippen LogP contribution in [0.3, 0.4) is 0 Å². The minimum Gasteiger partial charge on any atom is -0.462 e. The summed E-state index contributed by atoms with van der Waals surface area (Å²) in [7, 11) is 0. The van der Waals surface area contributed by atoms with E-state index in [1.54, 1.807) is 19.2 Å². The molecule has 0 radical (unpaired) electrons. The van der Waals surface area contributed by atoms with Crippen LogP contribution in [0, 0.1) is 0 Å². The van der Waals surface area contributed by atoms with Gasteiger partial charge in [-0.25, -0.2) is 14.8 Å².